The van der Waals surface area contributed by atoms with Gasteiger partial charge in [0.05, 0.1) is 5.03 Å². The molecule has 0 saturated heterocycles. The Hall–Kier alpha value is -1.36. The number of H-pyrrole nitrogens is 1. The van der Waals surface area contributed by atoms with Crippen LogP contribution in [0.2, 0.25) is 0 Å². The largest absolute Gasteiger partial charge is 0.272 e. The summed E-state index contributed by atoms with van der Waals surface area (Å²) in [4.78, 5) is 0. The summed E-state index contributed by atoms with van der Waals surface area (Å²) >= 11 is 1.45. The van der Waals surface area contributed by atoms with Crippen molar-refractivity contribution in [3.05, 3.63) is 47.7 Å². The molecule has 2 nitrogen and oxygen atoms in total. The van der Waals surface area contributed by atoms with Crippen LogP contribution in [-0.2, 0) is 5.75 Å². The van der Waals surface area contributed by atoms with Crippen LogP contribution in [0.1, 0.15) is 5.56 Å². The molecule has 15 heavy (non-hydrogen) atoms. The molecule has 0 radical (unpaired) electrons. The number of nitrogens with one attached hydrogen (secondary N) is 1. The minimum Gasteiger partial charge on any atom is -0.272 e. The summed E-state index contributed by atoms with van der Waals surface area (Å²) in [6.07, 6.45) is 1.63. The van der Waals surface area contributed by atoms with Gasteiger partial charge in [-0.15, -0.1) is 11.8 Å². The Morgan fingerprint density at radius 1 is 1.20 bits per heavy atom. The predicted molar refractivity (Wildman–Crippen MR) is 54.5 cm³/mol. The van der Waals surface area contributed by atoms with Crippen LogP contribution >= 0.6 is 11.8 Å². The molecule has 0 aliphatic heterocycles. The molecule has 0 fully saturated rings. The van der Waals surface area contributed by atoms with E-state index in [1.165, 1.54) is 23.9 Å². The van der Waals surface area contributed by atoms with Gasteiger partial charge in [0, 0.05) is 18.0 Å². The van der Waals surface area contributed by atoms with E-state index in [1.807, 2.05) is 0 Å². The van der Waals surface area contributed by atoms with Gasteiger partial charge >= 0.3 is 0 Å². The first-order valence-corrected chi connectivity index (χ1v) is 5.30. The quantitative estimate of drug-likeness (QED) is 0.815. The number of benzene rings is 1. The van der Waals surface area contributed by atoms with Crippen molar-refractivity contribution >= 4 is 11.8 Å². The highest BCUT2D eigenvalue weighted by molar-refractivity contribution is 7.98. The van der Waals surface area contributed by atoms with E-state index >= 15 is 0 Å². The summed E-state index contributed by atoms with van der Waals surface area (Å²) in [5, 5.41) is 7.41. The Morgan fingerprint density at radius 3 is 2.53 bits per heavy atom. The Kier molecular flexibility index (Phi) is 3.01. The van der Waals surface area contributed by atoms with Gasteiger partial charge in [-0.05, 0) is 23.8 Å². The van der Waals surface area contributed by atoms with Crippen molar-refractivity contribution in [3.8, 4) is 0 Å². The molecule has 0 aliphatic rings. The van der Waals surface area contributed by atoms with Crippen LogP contribution in [0.4, 0.5) is 8.78 Å². The second-order valence-corrected chi connectivity index (χ2v) is 4.00. The normalized spacial score (nSPS) is 10.5. The second-order valence-electron chi connectivity index (χ2n) is 2.99. The van der Waals surface area contributed by atoms with E-state index < -0.39 is 11.6 Å². The molecule has 0 bridgehead atoms. The molecule has 0 amide bonds. The maximum absolute atomic E-state index is 12.8. The number of rotatable bonds is 3. The lowest BCUT2D eigenvalue weighted by molar-refractivity contribution is 0.581. The van der Waals surface area contributed by atoms with Gasteiger partial charge in [-0.3, -0.25) is 5.10 Å². The van der Waals surface area contributed by atoms with Crippen molar-refractivity contribution in [3.63, 3.8) is 0 Å². The van der Waals surface area contributed by atoms with Gasteiger partial charge in [0.2, 0.25) is 0 Å². The van der Waals surface area contributed by atoms with E-state index in [0.29, 0.717) is 11.3 Å². The van der Waals surface area contributed by atoms with Crippen molar-refractivity contribution in [1.82, 2.24) is 10.2 Å². The van der Waals surface area contributed by atoms with Gasteiger partial charge in [-0.2, -0.15) is 5.10 Å². The maximum atomic E-state index is 12.8. The average molecular weight is 226 g/mol. The molecule has 2 aromatic rings. The summed E-state index contributed by atoms with van der Waals surface area (Å²) in [7, 11) is 0. The summed E-state index contributed by atoms with van der Waals surface area (Å²) in [5.41, 5.74) is 0.618. The number of halogens is 2. The van der Waals surface area contributed by atoms with E-state index in [-0.39, 0.29) is 0 Å². The van der Waals surface area contributed by atoms with E-state index in [4.69, 9.17) is 0 Å². The molecule has 1 aromatic heterocycles. The third kappa shape index (κ3) is 2.79. The fourth-order valence-electron chi connectivity index (χ4n) is 1.18. The van der Waals surface area contributed by atoms with Crippen molar-refractivity contribution in [2.45, 2.75) is 10.8 Å². The average Bonchev–Trinajstić information content (AvgIpc) is 2.65. The minimum absolute atomic E-state index is 0.511. The highest BCUT2D eigenvalue weighted by atomic mass is 32.2. The first-order valence-electron chi connectivity index (χ1n) is 4.31. The molecule has 0 aliphatic carbocycles. The third-order valence-corrected chi connectivity index (χ3v) is 2.81. The van der Waals surface area contributed by atoms with Crippen molar-refractivity contribution in [2.24, 2.45) is 0 Å². The number of hydrogen-bond donors (Lipinski definition) is 1. The standard InChI is InChI=1S/C10H8F2N2S/c11-8-3-7(4-9(12)5-8)6-15-10-1-2-13-14-10/h1-5H,6H2,(H,13,14). The number of nitrogens with zero attached hydrogens (tertiary/aromatic N) is 1. The van der Waals surface area contributed by atoms with Crippen LogP contribution in [0.3, 0.4) is 0 Å². The van der Waals surface area contributed by atoms with Gasteiger partial charge in [-0.25, -0.2) is 8.78 Å². The van der Waals surface area contributed by atoms with Crippen LogP contribution < -0.4 is 0 Å². The SMILES string of the molecule is Fc1cc(F)cc(CSc2ccn[nH]2)c1. The fourth-order valence-corrected chi connectivity index (χ4v) is 1.94. The molecule has 1 N–H and O–H groups in total. The van der Waals surface area contributed by atoms with Gasteiger partial charge in [-0.1, -0.05) is 0 Å². The van der Waals surface area contributed by atoms with E-state index in [0.717, 1.165) is 11.1 Å². The number of thioether (sulfide) groups is 1. The zero-order chi connectivity index (χ0) is 10.7. The van der Waals surface area contributed by atoms with Gasteiger partial charge in [0.1, 0.15) is 11.6 Å². The fraction of sp³-hybridized carbons (Fsp3) is 0.100. The second kappa shape index (κ2) is 4.44. The summed E-state index contributed by atoms with van der Waals surface area (Å²) < 4.78 is 25.6. The molecule has 0 unspecified atom stereocenters. The Bertz CT molecular complexity index is 422. The first-order chi connectivity index (χ1) is 7.24. The van der Waals surface area contributed by atoms with Crippen LogP contribution in [-0.4, -0.2) is 10.2 Å². The van der Waals surface area contributed by atoms with E-state index in [1.54, 1.807) is 12.3 Å². The van der Waals surface area contributed by atoms with Crippen molar-refractivity contribution in [2.75, 3.05) is 0 Å². The Labute approximate surface area is 89.7 Å². The van der Waals surface area contributed by atoms with Gasteiger partial charge in [0.15, 0.2) is 0 Å². The molecular weight excluding hydrogens is 218 g/mol. The van der Waals surface area contributed by atoms with Crippen LogP contribution in [0.15, 0.2) is 35.5 Å². The summed E-state index contributed by atoms with van der Waals surface area (Å²) in [6, 6.07) is 5.32. The molecular formula is C10H8F2N2S. The van der Waals surface area contributed by atoms with Gasteiger partial charge < -0.3 is 0 Å². The maximum Gasteiger partial charge on any atom is 0.126 e. The van der Waals surface area contributed by atoms with E-state index in [9.17, 15) is 8.78 Å². The Balaban J connectivity index is 2.05. The highest BCUT2D eigenvalue weighted by Crippen LogP contribution is 2.21. The zero-order valence-corrected chi connectivity index (χ0v) is 8.52. The monoisotopic (exact) mass is 226 g/mol. The number of hydrogen-bond acceptors (Lipinski definition) is 2. The smallest absolute Gasteiger partial charge is 0.126 e. The molecule has 0 spiro atoms. The molecule has 0 saturated carbocycles. The van der Waals surface area contributed by atoms with Crippen LogP contribution in [0, 0.1) is 11.6 Å². The highest BCUT2D eigenvalue weighted by Gasteiger charge is 2.02. The van der Waals surface area contributed by atoms with Crippen molar-refractivity contribution in [1.29, 1.82) is 0 Å². The molecule has 5 heteroatoms. The summed E-state index contributed by atoms with van der Waals surface area (Å²) in [5.74, 6) is -0.581. The molecule has 1 heterocycles. The topological polar surface area (TPSA) is 28.7 Å². The van der Waals surface area contributed by atoms with Crippen LogP contribution in [0.5, 0.6) is 0 Å². The molecule has 2 rings (SSSR count). The molecule has 0 atom stereocenters. The lowest BCUT2D eigenvalue weighted by atomic mass is 10.2. The zero-order valence-electron chi connectivity index (χ0n) is 7.71. The minimum atomic E-state index is -0.546. The van der Waals surface area contributed by atoms with E-state index in [2.05, 4.69) is 10.2 Å². The lowest BCUT2D eigenvalue weighted by Crippen LogP contribution is -1.86. The predicted octanol–water partition coefficient (Wildman–Crippen LogP) is 2.98. The molecule has 1 aromatic carbocycles. The number of aromatic amines is 1. The third-order valence-electron chi connectivity index (χ3n) is 1.79. The van der Waals surface area contributed by atoms with Gasteiger partial charge in [0.25, 0.3) is 0 Å². The summed E-state index contributed by atoms with van der Waals surface area (Å²) in [6.45, 7) is 0. The van der Waals surface area contributed by atoms with Crippen molar-refractivity contribution < 1.29 is 8.78 Å². The Morgan fingerprint density at radius 2 is 1.93 bits per heavy atom. The first kappa shape index (κ1) is 10.2. The molecule has 78 valence electrons. The lowest BCUT2D eigenvalue weighted by Gasteiger charge is -2.00. The number of aromatic nitrogens is 2. The van der Waals surface area contributed by atoms with Crippen LogP contribution in [0.25, 0.3) is 0 Å².